The van der Waals surface area contributed by atoms with E-state index in [0.717, 1.165) is 43.6 Å². The van der Waals surface area contributed by atoms with Crippen LogP contribution in [-0.2, 0) is 16.0 Å². The number of nitrogen functional groups attached to an aromatic ring is 1. The molecule has 0 spiro atoms. The molecule has 1 aromatic carbocycles. The van der Waals surface area contributed by atoms with Gasteiger partial charge in [-0.25, -0.2) is 0 Å². The zero-order chi connectivity index (χ0) is 13.7. The minimum atomic E-state index is 0.233. The molecule has 1 fully saturated rings. The number of ether oxygens (including phenoxy) is 1. The van der Waals surface area contributed by atoms with E-state index in [-0.39, 0.29) is 5.91 Å². The van der Waals surface area contributed by atoms with Gasteiger partial charge < -0.3 is 15.4 Å². The molecule has 4 nitrogen and oxygen atoms in total. The predicted molar refractivity (Wildman–Crippen MR) is 75.8 cm³/mol. The molecule has 0 bridgehead atoms. The molecule has 19 heavy (non-hydrogen) atoms. The molecule has 1 heterocycles. The van der Waals surface area contributed by atoms with E-state index in [1.54, 1.807) is 7.11 Å². The maximum absolute atomic E-state index is 12.1. The molecule has 0 aromatic heterocycles. The van der Waals surface area contributed by atoms with Crippen molar-refractivity contribution in [3.8, 4) is 0 Å². The van der Waals surface area contributed by atoms with E-state index in [9.17, 15) is 4.79 Å². The highest BCUT2D eigenvalue weighted by atomic mass is 16.5. The lowest BCUT2D eigenvalue weighted by Gasteiger charge is -2.31. The SMILES string of the molecule is COC1CCN(C(=O)CCc2cccc(N)c2)CC1. The number of rotatable bonds is 4. The van der Waals surface area contributed by atoms with Gasteiger partial charge in [0.1, 0.15) is 0 Å². The zero-order valence-corrected chi connectivity index (χ0v) is 11.5. The molecule has 1 aliphatic rings. The van der Waals surface area contributed by atoms with E-state index in [0.29, 0.717) is 12.5 Å². The van der Waals surface area contributed by atoms with Crippen molar-refractivity contribution in [2.45, 2.75) is 31.8 Å². The number of anilines is 1. The van der Waals surface area contributed by atoms with Gasteiger partial charge in [0.15, 0.2) is 0 Å². The highest BCUT2D eigenvalue weighted by Gasteiger charge is 2.21. The number of methoxy groups -OCH3 is 1. The molecule has 1 aromatic rings. The lowest BCUT2D eigenvalue weighted by Crippen LogP contribution is -2.40. The van der Waals surface area contributed by atoms with E-state index in [2.05, 4.69) is 0 Å². The summed E-state index contributed by atoms with van der Waals surface area (Å²) in [5.74, 6) is 0.233. The average Bonchev–Trinajstić information content (AvgIpc) is 2.45. The van der Waals surface area contributed by atoms with Crippen LogP contribution in [-0.4, -0.2) is 37.1 Å². The van der Waals surface area contributed by atoms with Gasteiger partial charge in [-0.1, -0.05) is 12.1 Å². The van der Waals surface area contributed by atoms with Crippen molar-refractivity contribution < 1.29 is 9.53 Å². The number of carbonyl (C=O) groups is 1. The first-order valence-corrected chi connectivity index (χ1v) is 6.84. The van der Waals surface area contributed by atoms with Crippen molar-refractivity contribution in [3.05, 3.63) is 29.8 Å². The highest BCUT2D eigenvalue weighted by molar-refractivity contribution is 5.76. The van der Waals surface area contributed by atoms with Crippen LogP contribution in [0.1, 0.15) is 24.8 Å². The first kappa shape index (κ1) is 13.9. The third-order valence-corrected chi connectivity index (χ3v) is 3.71. The summed E-state index contributed by atoms with van der Waals surface area (Å²) < 4.78 is 5.31. The van der Waals surface area contributed by atoms with Crippen molar-refractivity contribution in [1.29, 1.82) is 0 Å². The van der Waals surface area contributed by atoms with Crippen molar-refractivity contribution in [2.24, 2.45) is 0 Å². The minimum Gasteiger partial charge on any atom is -0.399 e. The molecule has 0 radical (unpaired) electrons. The molecule has 0 unspecified atom stereocenters. The van der Waals surface area contributed by atoms with E-state index < -0.39 is 0 Å². The van der Waals surface area contributed by atoms with E-state index in [1.807, 2.05) is 29.2 Å². The van der Waals surface area contributed by atoms with Gasteiger partial charge in [0.2, 0.25) is 5.91 Å². The fraction of sp³-hybridized carbons (Fsp3) is 0.533. The summed E-state index contributed by atoms with van der Waals surface area (Å²) in [5.41, 5.74) is 7.61. The molecule has 1 amide bonds. The summed E-state index contributed by atoms with van der Waals surface area (Å²) in [6.07, 6.45) is 3.52. The van der Waals surface area contributed by atoms with Crippen LogP contribution in [0.2, 0.25) is 0 Å². The minimum absolute atomic E-state index is 0.233. The number of benzene rings is 1. The molecule has 2 rings (SSSR count). The molecule has 1 saturated heterocycles. The summed E-state index contributed by atoms with van der Waals surface area (Å²) in [7, 11) is 1.74. The molecule has 104 valence electrons. The van der Waals surface area contributed by atoms with Crippen molar-refractivity contribution in [1.82, 2.24) is 4.90 Å². The van der Waals surface area contributed by atoms with Gasteiger partial charge in [0.25, 0.3) is 0 Å². The number of hydrogen-bond donors (Lipinski definition) is 1. The first-order valence-electron chi connectivity index (χ1n) is 6.84. The Hall–Kier alpha value is -1.55. The number of nitrogens with two attached hydrogens (primary N) is 1. The molecular formula is C15H22N2O2. The van der Waals surface area contributed by atoms with Crippen LogP contribution in [0.4, 0.5) is 5.69 Å². The molecule has 0 aliphatic carbocycles. The molecule has 1 aliphatic heterocycles. The Morgan fingerprint density at radius 1 is 1.42 bits per heavy atom. The molecular weight excluding hydrogens is 240 g/mol. The van der Waals surface area contributed by atoms with Gasteiger partial charge in [0.05, 0.1) is 6.10 Å². The number of nitrogens with zero attached hydrogens (tertiary/aromatic N) is 1. The lowest BCUT2D eigenvalue weighted by molar-refractivity contribution is -0.133. The Kier molecular flexibility index (Phi) is 4.80. The number of amides is 1. The van der Waals surface area contributed by atoms with Crippen molar-refractivity contribution >= 4 is 11.6 Å². The van der Waals surface area contributed by atoms with Crippen LogP contribution in [0.15, 0.2) is 24.3 Å². The Labute approximate surface area is 114 Å². The summed E-state index contributed by atoms with van der Waals surface area (Å²) in [6, 6.07) is 7.74. The number of aryl methyl sites for hydroxylation is 1. The number of piperidine rings is 1. The van der Waals surface area contributed by atoms with Gasteiger partial charge >= 0.3 is 0 Å². The summed E-state index contributed by atoms with van der Waals surface area (Å²) >= 11 is 0. The van der Waals surface area contributed by atoms with E-state index in [4.69, 9.17) is 10.5 Å². The van der Waals surface area contributed by atoms with Crippen LogP contribution in [0.3, 0.4) is 0 Å². The Morgan fingerprint density at radius 3 is 2.79 bits per heavy atom. The second-order valence-corrected chi connectivity index (χ2v) is 5.06. The molecule has 0 atom stereocenters. The normalized spacial score (nSPS) is 16.6. The van der Waals surface area contributed by atoms with Gasteiger partial charge in [-0.2, -0.15) is 0 Å². The summed E-state index contributed by atoms with van der Waals surface area (Å²) in [5, 5.41) is 0. The quantitative estimate of drug-likeness (QED) is 0.842. The third kappa shape index (κ3) is 3.96. The largest absolute Gasteiger partial charge is 0.399 e. The maximum atomic E-state index is 12.1. The topological polar surface area (TPSA) is 55.6 Å². The second-order valence-electron chi connectivity index (χ2n) is 5.06. The van der Waals surface area contributed by atoms with Gasteiger partial charge in [-0.15, -0.1) is 0 Å². The third-order valence-electron chi connectivity index (χ3n) is 3.71. The van der Waals surface area contributed by atoms with Crippen LogP contribution < -0.4 is 5.73 Å². The fourth-order valence-corrected chi connectivity index (χ4v) is 2.50. The smallest absolute Gasteiger partial charge is 0.222 e. The maximum Gasteiger partial charge on any atom is 0.222 e. The molecule has 0 saturated carbocycles. The zero-order valence-electron chi connectivity index (χ0n) is 11.5. The first-order chi connectivity index (χ1) is 9.19. The standard InChI is InChI=1S/C15H22N2O2/c1-19-14-7-9-17(10-8-14)15(18)6-5-12-3-2-4-13(16)11-12/h2-4,11,14H,5-10,16H2,1H3. The average molecular weight is 262 g/mol. The fourth-order valence-electron chi connectivity index (χ4n) is 2.50. The summed E-state index contributed by atoms with van der Waals surface area (Å²) in [4.78, 5) is 14.1. The predicted octanol–water partition coefficient (Wildman–Crippen LogP) is 1.84. The Morgan fingerprint density at radius 2 is 2.16 bits per heavy atom. The van der Waals surface area contributed by atoms with Crippen LogP contribution in [0, 0.1) is 0 Å². The van der Waals surface area contributed by atoms with Crippen molar-refractivity contribution in [3.63, 3.8) is 0 Å². The number of carbonyl (C=O) groups excluding carboxylic acids is 1. The monoisotopic (exact) mass is 262 g/mol. The highest BCUT2D eigenvalue weighted by Crippen LogP contribution is 2.15. The molecule has 4 heteroatoms. The Bertz CT molecular complexity index is 426. The van der Waals surface area contributed by atoms with E-state index in [1.165, 1.54) is 0 Å². The van der Waals surface area contributed by atoms with Gasteiger partial charge in [-0.3, -0.25) is 4.79 Å². The number of hydrogen-bond acceptors (Lipinski definition) is 3. The lowest BCUT2D eigenvalue weighted by atomic mass is 10.1. The second kappa shape index (κ2) is 6.57. The Balaban J connectivity index is 1.79. The molecule has 2 N–H and O–H groups in total. The van der Waals surface area contributed by atoms with E-state index >= 15 is 0 Å². The number of likely N-dealkylation sites (tertiary alicyclic amines) is 1. The van der Waals surface area contributed by atoms with Gasteiger partial charge in [-0.05, 0) is 37.0 Å². The van der Waals surface area contributed by atoms with Crippen LogP contribution in [0.5, 0.6) is 0 Å². The summed E-state index contributed by atoms with van der Waals surface area (Å²) in [6.45, 7) is 1.63. The van der Waals surface area contributed by atoms with Crippen LogP contribution >= 0.6 is 0 Å². The van der Waals surface area contributed by atoms with Gasteiger partial charge in [0, 0.05) is 32.3 Å². The van der Waals surface area contributed by atoms with Crippen LogP contribution in [0.25, 0.3) is 0 Å². The van der Waals surface area contributed by atoms with Crippen molar-refractivity contribution in [2.75, 3.05) is 25.9 Å².